The first-order chi connectivity index (χ1) is 14.9. The van der Waals surface area contributed by atoms with Crippen molar-refractivity contribution in [3.8, 4) is 17.2 Å². The lowest BCUT2D eigenvalue weighted by Crippen LogP contribution is -2.37. The summed E-state index contributed by atoms with van der Waals surface area (Å²) in [5, 5.41) is 0.312. The van der Waals surface area contributed by atoms with Crippen molar-refractivity contribution in [2.45, 2.75) is 11.3 Å². The molecule has 0 saturated carbocycles. The summed E-state index contributed by atoms with van der Waals surface area (Å²) in [5.74, 6) is 0.723. The predicted molar refractivity (Wildman–Crippen MR) is 121 cm³/mol. The van der Waals surface area contributed by atoms with E-state index >= 15 is 0 Å². The maximum atomic E-state index is 13.1. The first kappa shape index (κ1) is 21.5. The Bertz CT molecular complexity index is 1110. The largest absolute Gasteiger partial charge is 0.493 e. The summed E-state index contributed by atoms with van der Waals surface area (Å²) in [6, 6.07) is 12.2. The minimum atomic E-state index is -3.13. The Morgan fingerprint density at radius 1 is 1.03 bits per heavy atom. The zero-order chi connectivity index (χ0) is 22.2. The van der Waals surface area contributed by atoms with Crippen LogP contribution in [-0.2, 0) is 9.84 Å². The highest BCUT2D eigenvalue weighted by Gasteiger charge is 2.49. The van der Waals surface area contributed by atoms with Gasteiger partial charge in [-0.2, -0.15) is 4.99 Å². The molecular weight excluding hydrogens is 440 g/mol. The summed E-state index contributed by atoms with van der Waals surface area (Å²) in [4.78, 5) is 19.3. The standard InChI is InChI=1S/C21H22N2O6S2/c1-27-16-9-13(10-17(28-2)19(16)29-3)20(24)22-21-23(14-7-5-4-6-8-14)15-11-31(25,26)12-18(15)30-21/h4-10,15,18H,11-12H2,1-3H3/t15-,18-/m1/s1. The molecule has 2 atom stereocenters. The Balaban J connectivity index is 1.73. The SMILES string of the molecule is COc1cc(C(=O)N=C2S[C@@H]3CS(=O)(=O)C[C@H]3N2c2ccccc2)cc(OC)c1OC. The van der Waals surface area contributed by atoms with E-state index in [0.717, 1.165) is 5.69 Å². The predicted octanol–water partition coefficient (Wildman–Crippen LogP) is 2.63. The van der Waals surface area contributed by atoms with Gasteiger partial charge in [-0.3, -0.25) is 4.79 Å². The van der Waals surface area contributed by atoms with E-state index in [9.17, 15) is 13.2 Å². The molecule has 2 aromatic rings. The fourth-order valence-electron chi connectivity index (χ4n) is 3.81. The van der Waals surface area contributed by atoms with Crippen LogP contribution in [0.2, 0.25) is 0 Å². The average Bonchev–Trinajstić information content (AvgIpc) is 3.23. The van der Waals surface area contributed by atoms with Gasteiger partial charge in [-0.1, -0.05) is 30.0 Å². The lowest BCUT2D eigenvalue weighted by molar-refractivity contribution is 0.100. The van der Waals surface area contributed by atoms with Gasteiger partial charge in [0.2, 0.25) is 5.75 Å². The molecule has 0 N–H and O–H groups in total. The van der Waals surface area contributed by atoms with E-state index in [-0.39, 0.29) is 28.4 Å². The number of anilines is 1. The van der Waals surface area contributed by atoms with E-state index in [1.165, 1.54) is 33.1 Å². The lowest BCUT2D eigenvalue weighted by atomic mass is 10.1. The molecule has 31 heavy (non-hydrogen) atoms. The van der Waals surface area contributed by atoms with Gasteiger partial charge in [0.05, 0.1) is 38.9 Å². The number of aliphatic imine (C=N–C) groups is 1. The Kier molecular flexibility index (Phi) is 5.85. The molecule has 2 aromatic carbocycles. The molecule has 2 saturated heterocycles. The number of fused-ring (bicyclic) bond motifs is 1. The summed E-state index contributed by atoms with van der Waals surface area (Å²) in [6.45, 7) is 0. The second kappa shape index (κ2) is 8.43. The van der Waals surface area contributed by atoms with Crippen molar-refractivity contribution < 1.29 is 27.4 Å². The van der Waals surface area contributed by atoms with Crippen molar-refractivity contribution in [1.29, 1.82) is 0 Å². The van der Waals surface area contributed by atoms with Crippen LogP contribution in [-0.4, -0.2) is 63.6 Å². The van der Waals surface area contributed by atoms with Crippen LogP contribution < -0.4 is 19.1 Å². The van der Waals surface area contributed by atoms with Gasteiger partial charge in [-0.15, -0.1) is 0 Å². The van der Waals surface area contributed by atoms with Crippen molar-refractivity contribution in [1.82, 2.24) is 0 Å². The average molecular weight is 463 g/mol. The third-order valence-electron chi connectivity index (χ3n) is 5.21. The number of ether oxygens (including phenoxy) is 3. The van der Waals surface area contributed by atoms with Gasteiger partial charge < -0.3 is 19.1 Å². The molecule has 2 aliphatic rings. The van der Waals surface area contributed by atoms with Crippen LogP contribution >= 0.6 is 11.8 Å². The van der Waals surface area contributed by atoms with E-state index in [0.29, 0.717) is 22.4 Å². The van der Waals surface area contributed by atoms with Gasteiger partial charge >= 0.3 is 0 Å². The first-order valence-electron chi connectivity index (χ1n) is 9.51. The van der Waals surface area contributed by atoms with Crippen LogP contribution in [0.4, 0.5) is 5.69 Å². The van der Waals surface area contributed by atoms with Crippen molar-refractivity contribution in [3.63, 3.8) is 0 Å². The second-order valence-corrected chi connectivity index (χ2v) is 10.5. The molecule has 10 heteroatoms. The summed E-state index contributed by atoms with van der Waals surface area (Å²) in [6.07, 6.45) is 0. The van der Waals surface area contributed by atoms with Gasteiger partial charge in [0.1, 0.15) is 0 Å². The summed E-state index contributed by atoms with van der Waals surface area (Å²) < 4.78 is 40.3. The Hall–Kier alpha value is -2.72. The molecule has 0 bridgehead atoms. The highest BCUT2D eigenvalue weighted by molar-refractivity contribution is 8.16. The van der Waals surface area contributed by atoms with Crippen molar-refractivity contribution in [2.75, 3.05) is 37.7 Å². The molecule has 0 spiro atoms. The van der Waals surface area contributed by atoms with Crippen molar-refractivity contribution >= 4 is 38.4 Å². The smallest absolute Gasteiger partial charge is 0.279 e. The van der Waals surface area contributed by atoms with E-state index < -0.39 is 15.7 Å². The summed E-state index contributed by atoms with van der Waals surface area (Å²) in [7, 11) is 1.31. The van der Waals surface area contributed by atoms with Crippen LogP contribution in [0.1, 0.15) is 10.4 Å². The van der Waals surface area contributed by atoms with Gasteiger partial charge in [0.15, 0.2) is 26.5 Å². The normalized spacial score (nSPS) is 22.9. The maximum absolute atomic E-state index is 13.1. The Labute approximate surface area is 185 Å². The molecule has 2 heterocycles. The molecule has 1 amide bonds. The van der Waals surface area contributed by atoms with E-state index in [2.05, 4.69) is 4.99 Å². The number of methoxy groups -OCH3 is 3. The number of rotatable bonds is 5. The van der Waals surface area contributed by atoms with Crippen LogP contribution in [0, 0.1) is 0 Å². The summed E-state index contributed by atoms with van der Waals surface area (Å²) in [5.41, 5.74) is 1.08. The number of hydrogen-bond acceptors (Lipinski definition) is 7. The molecule has 0 aromatic heterocycles. The number of para-hydroxylation sites is 1. The van der Waals surface area contributed by atoms with Crippen molar-refractivity contribution in [3.05, 3.63) is 48.0 Å². The number of amidine groups is 1. The van der Waals surface area contributed by atoms with E-state index in [4.69, 9.17) is 14.2 Å². The third-order valence-corrected chi connectivity index (χ3v) is 8.42. The monoisotopic (exact) mass is 462 g/mol. The van der Waals surface area contributed by atoms with Crippen LogP contribution in [0.15, 0.2) is 47.5 Å². The van der Waals surface area contributed by atoms with Gasteiger partial charge in [-0.25, -0.2) is 8.42 Å². The highest BCUT2D eigenvalue weighted by atomic mass is 32.2. The van der Waals surface area contributed by atoms with Gasteiger partial charge in [-0.05, 0) is 24.3 Å². The zero-order valence-electron chi connectivity index (χ0n) is 17.3. The maximum Gasteiger partial charge on any atom is 0.279 e. The third kappa shape index (κ3) is 4.09. The molecular formula is C21H22N2O6S2. The minimum absolute atomic E-state index is 0.0386. The number of carbonyl (C=O) groups excluding carboxylic acids is 1. The van der Waals surface area contributed by atoms with Gasteiger partial charge in [0.25, 0.3) is 5.91 Å². The molecule has 2 fully saturated rings. The number of nitrogens with zero attached hydrogens (tertiary/aromatic N) is 2. The van der Waals surface area contributed by atoms with Crippen LogP contribution in [0.25, 0.3) is 0 Å². The molecule has 164 valence electrons. The van der Waals surface area contributed by atoms with E-state index in [1.807, 2.05) is 35.2 Å². The number of benzene rings is 2. The summed E-state index contributed by atoms with van der Waals surface area (Å²) >= 11 is 1.33. The number of carbonyl (C=O) groups is 1. The quantitative estimate of drug-likeness (QED) is 0.669. The molecule has 0 unspecified atom stereocenters. The van der Waals surface area contributed by atoms with Crippen LogP contribution in [0.3, 0.4) is 0 Å². The Morgan fingerprint density at radius 2 is 1.68 bits per heavy atom. The Morgan fingerprint density at radius 3 is 2.26 bits per heavy atom. The van der Waals surface area contributed by atoms with Crippen LogP contribution in [0.5, 0.6) is 17.2 Å². The fraction of sp³-hybridized carbons (Fsp3) is 0.333. The molecule has 0 aliphatic carbocycles. The molecule has 4 rings (SSSR count). The lowest BCUT2D eigenvalue weighted by Gasteiger charge is -2.24. The van der Waals surface area contributed by atoms with Crippen molar-refractivity contribution in [2.24, 2.45) is 4.99 Å². The molecule has 8 nitrogen and oxygen atoms in total. The number of hydrogen-bond donors (Lipinski definition) is 0. The molecule has 2 aliphatic heterocycles. The molecule has 0 radical (unpaired) electrons. The fourth-order valence-corrected chi connectivity index (χ4v) is 7.72. The minimum Gasteiger partial charge on any atom is -0.493 e. The number of sulfone groups is 1. The zero-order valence-corrected chi connectivity index (χ0v) is 18.9. The van der Waals surface area contributed by atoms with Gasteiger partial charge in [0, 0.05) is 16.5 Å². The second-order valence-electron chi connectivity index (χ2n) is 7.12. The topological polar surface area (TPSA) is 94.5 Å². The van der Waals surface area contributed by atoms with E-state index in [1.54, 1.807) is 12.1 Å². The first-order valence-corrected chi connectivity index (χ1v) is 12.2. The highest BCUT2D eigenvalue weighted by Crippen LogP contribution is 2.42. The number of amides is 1. The number of thioether (sulfide) groups is 1.